The number of H-pyrrole nitrogens is 1. The first-order chi connectivity index (χ1) is 7.27. The van der Waals surface area contributed by atoms with Crippen molar-refractivity contribution in [1.29, 1.82) is 0 Å². The molecule has 76 valence electrons. The van der Waals surface area contributed by atoms with Gasteiger partial charge in [0.2, 0.25) is 0 Å². The van der Waals surface area contributed by atoms with Crippen molar-refractivity contribution in [3.63, 3.8) is 0 Å². The Labute approximate surface area is 87.7 Å². The zero-order valence-corrected chi connectivity index (χ0v) is 8.36. The predicted octanol–water partition coefficient (Wildman–Crippen LogP) is 2.61. The number of para-hydroxylation sites is 1. The second-order valence-corrected chi connectivity index (χ2v) is 3.17. The van der Waals surface area contributed by atoms with Gasteiger partial charge in [-0.15, -0.1) is 0 Å². The Morgan fingerprint density at radius 1 is 1.20 bits per heavy atom. The fourth-order valence-corrected chi connectivity index (χ4v) is 1.43. The molecule has 0 radical (unpaired) electrons. The van der Waals surface area contributed by atoms with Crippen molar-refractivity contribution in [2.45, 2.75) is 6.92 Å². The molecule has 3 nitrogen and oxygen atoms in total. The van der Waals surface area contributed by atoms with Crippen LogP contribution in [-0.2, 0) is 4.79 Å². The Kier molecular flexibility index (Phi) is 2.54. The molecule has 0 unspecified atom stereocenters. The number of carbonyl (C=O) groups is 1. The first kappa shape index (κ1) is 9.52. The van der Waals surface area contributed by atoms with Crippen LogP contribution >= 0.6 is 0 Å². The van der Waals surface area contributed by atoms with Crippen molar-refractivity contribution in [3.8, 4) is 17.0 Å². The molecule has 1 heterocycles. The Morgan fingerprint density at radius 2 is 2.00 bits per heavy atom. The highest BCUT2D eigenvalue weighted by molar-refractivity contribution is 5.75. The van der Waals surface area contributed by atoms with Gasteiger partial charge in [-0.2, -0.15) is 0 Å². The third-order valence-electron chi connectivity index (χ3n) is 2.03. The van der Waals surface area contributed by atoms with Gasteiger partial charge in [0.05, 0.1) is 0 Å². The molecule has 2 rings (SSSR count). The highest BCUT2D eigenvalue weighted by Gasteiger charge is 2.07. The summed E-state index contributed by atoms with van der Waals surface area (Å²) < 4.78 is 5.11. The van der Waals surface area contributed by atoms with Crippen LogP contribution in [-0.4, -0.2) is 11.0 Å². The van der Waals surface area contributed by atoms with E-state index in [1.165, 1.54) is 6.92 Å². The van der Waals surface area contributed by atoms with Crippen molar-refractivity contribution < 1.29 is 9.53 Å². The van der Waals surface area contributed by atoms with Gasteiger partial charge in [0, 0.05) is 24.4 Å². The number of esters is 1. The van der Waals surface area contributed by atoms with E-state index in [0.29, 0.717) is 5.75 Å². The smallest absolute Gasteiger partial charge is 0.308 e. The fraction of sp³-hybridized carbons (Fsp3) is 0.0833. The molecule has 3 heteroatoms. The maximum absolute atomic E-state index is 10.9. The molecule has 15 heavy (non-hydrogen) atoms. The van der Waals surface area contributed by atoms with E-state index in [9.17, 15) is 4.79 Å². The molecule has 0 saturated heterocycles. The summed E-state index contributed by atoms with van der Waals surface area (Å²) in [5.41, 5.74) is 1.82. The molecule has 0 spiro atoms. The van der Waals surface area contributed by atoms with E-state index in [1.54, 1.807) is 6.07 Å². The molecular formula is C12H11NO2. The molecule has 0 aliphatic carbocycles. The molecule has 0 bridgehead atoms. The second kappa shape index (κ2) is 4.00. The zero-order chi connectivity index (χ0) is 10.7. The fourth-order valence-electron chi connectivity index (χ4n) is 1.43. The number of rotatable bonds is 2. The first-order valence-electron chi connectivity index (χ1n) is 4.68. The number of hydrogen-bond acceptors (Lipinski definition) is 2. The topological polar surface area (TPSA) is 42.1 Å². The largest absolute Gasteiger partial charge is 0.426 e. The monoisotopic (exact) mass is 201 g/mol. The van der Waals surface area contributed by atoms with Crippen LogP contribution in [0, 0.1) is 0 Å². The quantitative estimate of drug-likeness (QED) is 0.599. The van der Waals surface area contributed by atoms with Crippen LogP contribution in [0.15, 0.2) is 42.6 Å². The first-order valence-corrected chi connectivity index (χ1v) is 4.68. The van der Waals surface area contributed by atoms with E-state index in [1.807, 2.05) is 36.5 Å². The van der Waals surface area contributed by atoms with Gasteiger partial charge in [-0.05, 0) is 24.3 Å². The van der Waals surface area contributed by atoms with Crippen LogP contribution in [0.2, 0.25) is 0 Å². The molecule has 1 aromatic heterocycles. The molecule has 0 aliphatic rings. The van der Waals surface area contributed by atoms with E-state index in [2.05, 4.69) is 4.98 Å². The number of nitrogens with one attached hydrogen (secondary N) is 1. The number of ether oxygens (including phenoxy) is 1. The molecule has 1 N–H and O–H groups in total. The molecular weight excluding hydrogens is 190 g/mol. The second-order valence-electron chi connectivity index (χ2n) is 3.17. The summed E-state index contributed by atoms with van der Waals surface area (Å²) in [7, 11) is 0. The van der Waals surface area contributed by atoms with Gasteiger partial charge in [-0.25, -0.2) is 0 Å². The van der Waals surface area contributed by atoms with Gasteiger partial charge in [-0.1, -0.05) is 12.1 Å². The number of hydrogen-bond donors (Lipinski definition) is 1. The van der Waals surface area contributed by atoms with Crippen LogP contribution in [0.5, 0.6) is 5.75 Å². The highest BCUT2D eigenvalue weighted by atomic mass is 16.5. The number of aromatic amines is 1. The summed E-state index contributed by atoms with van der Waals surface area (Å²) in [6.45, 7) is 1.39. The van der Waals surface area contributed by atoms with Crippen LogP contribution in [0.25, 0.3) is 11.3 Å². The van der Waals surface area contributed by atoms with Crippen LogP contribution in [0.4, 0.5) is 0 Å². The third kappa shape index (κ3) is 2.07. The Bertz CT molecular complexity index is 460. The highest BCUT2D eigenvalue weighted by Crippen LogP contribution is 2.28. The van der Waals surface area contributed by atoms with Gasteiger partial charge < -0.3 is 9.72 Å². The maximum Gasteiger partial charge on any atom is 0.308 e. The van der Waals surface area contributed by atoms with Gasteiger partial charge >= 0.3 is 5.97 Å². The minimum atomic E-state index is -0.311. The van der Waals surface area contributed by atoms with E-state index < -0.39 is 0 Å². The van der Waals surface area contributed by atoms with E-state index in [-0.39, 0.29) is 5.97 Å². The number of carbonyl (C=O) groups excluding carboxylic acids is 1. The van der Waals surface area contributed by atoms with E-state index >= 15 is 0 Å². The van der Waals surface area contributed by atoms with Crippen LogP contribution in [0.3, 0.4) is 0 Å². The average molecular weight is 201 g/mol. The summed E-state index contributed by atoms with van der Waals surface area (Å²) in [4.78, 5) is 14.0. The summed E-state index contributed by atoms with van der Waals surface area (Å²) in [6.07, 6.45) is 1.83. The molecule has 1 aromatic carbocycles. The normalized spacial score (nSPS) is 9.93. The van der Waals surface area contributed by atoms with Gasteiger partial charge in [0.1, 0.15) is 5.75 Å². The lowest BCUT2D eigenvalue weighted by molar-refractivity contribution is -0.131. The lowest BCUT2D eigenvalue weighted by Crippen LogP contribution is -2.02. The molecule has 0 fully saturated rings. The average Bonchev–Trinajstić information content (AvgIpc) is 2.70. The van der Waals surface area contributed by atoms with Crippen LogP contribution < -0.4 is 4.74 Å². The maximum atomic E-state index is 10.9. The standard InChI is InChI=1S/C12H11NO2/c1-9(14)15-12-7-3-2-5-10(12)11-6-4-8-13-11/h2-8,13H,1H3. The van der Waals surface area contributed by atoms with Crippen molar-refractivity contribution >= 4 is 5.97 Å². The molecule has 0 atom stereocenters. The Hall–Kier alpha value is -2.03. The lowest BCUT2D eigenvalue weighted by atomic mass is 10.1. The van der Waals surface area contributed by atoms with Gasteiger partial charge in [0.25, 0.3) is 0 Å². The lowest BCUT2D eigenvalue weighted by Gasteiger charge is -2.06. The SMILES string of the molecule is CC(=O)Oc1ccccc1-c1ccc[nH]1. The molecule has 0 saturated carbocycles. The number of aromatic nitrogens is 1. The van der Waals surface area contributed by atoms with Gasteiger partial charge in [0.15, 0.2) is 0 Å². The number of benzene rings is 1. The van der Waals surface area contributed by atoms with Crippen molar-refractivity contribution in [3.05, 3.63) is 42.6 Å². The Balaban J connectivity index is 2.42. The van der Waals surface area contributed by atoms with Crippen molar-refractivity contribution in [1.82, 2.24) is 4.98 Å². The van der Waals surface area contributed by atoms with Crippen LogP contribution in [0.1, 0.15) is 6.92 Å². The Morgan fingerprint density at radius 3 is 2.67 bits per heavy atom. The predicted molar refractivity (Wildman–Crippen MR) is 57.5 cm³/mol. The zero-order valence-electron chi connectivity index (χ0n) is 8.36. The molecule has 2 aromatic rings. The minimum Gasteiger partial charge on any atom is -0.426 e. The van der Waals surface area contributed by atoms with E-state index in [0.717, 1.165) is 11.3 Å². The van der Waals surface area contributed by atoms with Crippen molar-refractivity contribution in [2.75, 3.05) is 0 Å². The molecule has 0 amide bonds. The minimum absolute atomic E-state index is 0.311. The molecule has 0 aliphatic heterocycles. The summed E-state index contributed by atoms with van der Waals surface area (Å²) >= 11 is 0. The summed E-state index contributed by atoms with van der Waals surface area (Å²) in [6, 6.07) is 11.3. The summed E-state index contributed by atoms with van der Waals surface area (Å²) in [5.74, 6) is 0.265. The van der Waals surface area contributed by atoms with Gasteiger partial charge in [-0.3, -0.25) is 4.79 Å². The third-order valence-corrected chi connectivity index (χ3v) is 2.03. The van der Waals surface area contributed by atoms with Crippen molar-refractivity contribution in [2.24, 2.45) is 0 Å². The summed E-state index contributed by atoms with van der Waals surface area (Å²) in [5, 5.41) is 0. The van der Waals surface area contributed by atoms with E-state index in [4.69, 9.17) is 4.74 Å².